The third-order valence-electron chi connectivity index (χ3n) is 4.48. The van der Waals surface area contributed by atoms with Crippen LogP contribution in [0.1, 0.15) is 0 Å². The van der Waals surface area contributed by atoms with Gasteiger partial charge in [-0.2, -0.15) is 0 Å². The van der Waals surface area contributed by atoms with Gasteiger partial charge in [-0.25, -0.2) is 4.98 Å². The molecule has 0 unspecified atom stereocenters. The number of aromatic amines is 1. The van der Waals surface area contributed by atoms with Gasteiger partial charge in [0.05, 0.1) is 16.3 Å². The summed E-state index contributed by atoms with van der Waals surface area (Å²) >= 11 is 0. The second-order valence-electron chi connectivity index (χ2n) is 5.82. The Morgan fingerprint density at radius 2 is 1.62 bits per heavy atom. The number of rotatable bonds is 2. The average molecular weight is 313 g/mol. The summed E-state index contributed by atoms with van der Waals surface area (Å²) in [6, 6.07) is 18.9. The van der Waals surface area contributed by atoms with E-state index < -0.39 is 4.92 Å². The van der Waals surface area contributed by atoms with Crippen molar-refractivity contribution in [2.24, 2.45) is 0 Å². The Morgan fingerprint density at radius 1 is 0.917 bits per heavy atom. The molecule has 0 saturated carbocycles. The van der Waals surface area contributed by atoms with Crippen molar-refractivity contribution in [3.05, 3.63) is 70.8 Å². The maximum Gasteiger partial charge on any atom is 0.269 e. The highest BCUT2D eigenvalue weighted by atomic mass is 16.6. The van der Waals surface area contributed by atoms with Crippen LogP contribution in [-0.4, -0.2) is 14.9 Å². The molecule has 5 nitrogen and oxygen atoms in total. The predicted molar refractivity (Wildman–Crippen MR) is 92.6 cm³/mol. The van der Waals surface area contributed by atoms with Gasteiger partial charge < -0.3 is 4.98 Å². The number of nitro groups is 1. The number of non-ortho nitro benzene ring substituents is 1. The number of fused-ring (bicyclic) bond motifs is 3. The third-order valence-corrected chi connectivity index (χ3v) is 4.48. The molecule has 0 aliphatic heterocycles. The Balaban J connectivity index is 1.68. The first-order valence-electron chi connectivity index (χ1n) is 7.60. The van der Waals surface area contributed by atoms with Crippen LogP contribution in [0.4, 0.5) is 5.69 Å². The van der Waals surface area contributed by atoms with Crippen molar-refractivity contribution < 1.29 is 4.92 Å². The zero-order valence-corrected chi connectivity index (χ0v) is 12.5. The Hall–Kier alpha value is -3.47. The molecule has 0 saturated heterocycles. The minimum absolute atomic E-state index is 0.0768. The van der Waals surface area contributed by atoms with Gasteiger partial charge in [0.15, 0.2) is 0 Å². The van der Waals surface area contributed by atoms with E-state index in [9.17, 15) is 10.1 Å². The molecule has 1 aliphatic carbocycles. The van der Waals surface area contributed by atoms with Gasteiger partial charge >= 0.3 is 0 Å². The van der Waals surface area contributed by atoms with E-state index in [1.807, 2.05) is 12.1 Å². The fourth-order valence-electron chi connectivity index (χ4n) is 3.39. The average Bonchev–Trinajstić information content (AvgIpc) is 3.16. The molecule has 0 atom stereocenters. The van der Waals surface area contributed by atoms with Gasteiger partial charge in [-0.3, -0.25) is 10.1 Å². The van der Waals surface area contributed by atoms with Gasteiger partial charge in [0.2, 0.25) is 0 Å². The van der Waals surface area contributed by atoms with E-state index >= 15 is 0 Å². The minimum Gasteiger partial charge on any atom is -0.337 e. The summed E-state index contributed by atoms with van der Waals surface area (Å²) < 4.78 is 0. The highest BCUT2D eigenvalue weighted by Crippen LogP contribution is 2.46. The van der Waals surface area contributed by atoms with Crippen molar-refractivity contribution in [3.8, 4) is 33.9 Å². The predicted octanol–water partition coefficient (Wildman–Crippen LogP) is 4.79. The van der Waals surface area contributed by atoms with E-state index in [-0.39, 0.29) is 5.69 Å². The van der Waals surface area contributed by atoms with Gasteiger partial charge in [-0.05, 0) is 17.5 Å². The summed E-state index contributed by atoms with van der Waals surface area (Å²) in [5.74, 6) is 0.724. The quantitative estimate of drug-likeness (QED) is 0.376. The number of H-pyrrole nitrogens is 1. The number of hydrogen-bond acceptors (Lipinski definition) is 3. The van der Waals surface area contributed by atoms with Crippen LogP contribution in [0, 0.1) is 10.1 Å². The first-order chi connectivity index (χ1) is 11.7. The zero-order valence-electron chi connectivity index (χ0n) is 12.5. The topological polar surface area (TPSA) is 71.8 Å². The van der Waals surface area contributed by atoms with Crippen LogP contribution >= 0.6 is 0 Å². The summed E-state index contributed by atoms with van der Waals surface area (Å²) in [5, 5.41) is 13.2. The van der Waals surface area contributed by atoms with E-state index in [2.05, 4.69) is 29.2 Å². The maximum absolute atomic E-state index is 10.8. The molecule has 0 fully saturated rings. The molecule has 0 bridgehead atoms. The molecular formula is C19H11N3O2. The lowest BCUT2D eigenvalue weighted by atomic mass is 10.0. The van der Waals surface area contributed by atoms with Crippen LogP contribution in [0.25, 0.3) is 44.7 Å². The molecule has 1 heterocycles. The molecule has 0 spiro atoms. The summed E-state index contributed by atoms with van der Waals surface area (Å²) in [6.45, 7) is 0. The number of hydrogen-bond donors (Lipinski definition) is 1. The van der Waals surface area contributed by atoms with Gasteiger partial charge in [0.1, 0.15) is 5.82 Å². The molecule has 114 valence electrons. The van der Waals surface area contributed by atoms with Crippen LogP contribution in [-0.2, 0) is 0 Å². The molecule has 1 aliphatic rings. The fourth-order valence-corrected chi connectivity index (χ4v) is 3.39. The maximum atomic E-state index is 10.8. The fraction of sp³-hybridized carbons (Fsp3) is 0. The summed E-state index contributed by atoms with van der Waals surface area (Å²) in [4.78, 5) is 18.5. The van der Waals surface area contributed by atoms with Crippen molar-refractivity contribution in [3.63, 3.8) is 0 Å². The molecule has 1 aromatic heterocycles. The number of nitro benzene ring substituents is 1. The first kappa shape index (κ1) is 13.0. The number of nitrogens with one attached hydrogen (secondary N) is 1. The molecule has 5 heteroatoms. The van der Waals surface area contributed by atoms with Crippen molar-refractivity contribution in [2.75, 3.05) is 0 Å². The lowest BCUT2D eigenvalue weighted by Gasteiger charge is -2.02. The van der Waals surface area contributed by atoms with E-state index in [1.54, 1.807) is 12.1 Å². The number of nitrogens with zero attached hydrogens (tertiary/aromatic N) is 2. The van der Waals surface area contributed by atoms with Crippen LogP contribution < -0.4 is 0 Å². The molecule has 0 amide bonds. The van der Waals surface area contributed by atoms with E-state index in [0.29, 0.717) is 0 Å². The molecular weight excluding hydrogens is 302 g/mol. The largest absolute Gasteiger partial charge is 0.337 e. The standard InChI is InChI=1S/C19H11N3O2/c23-22(24)13-9-7-12(8-10-13)19-20-17-14-5-1-3-11-4-2-6-15(16(11)14)18(17)21-19/h1-10H,(H,20,21). The third kappa shape index (κ3) is 1.66. The van der Waals surface area contributed by atoms with Crippen molar-refractivity contribution in [1.82, 2.24) is 9.97 Å². The van der Waals surface area contributed by atoms with Crippen LogP contribution in [0.15, 0.2) is 60.7 Å². The van der Waals surface area contributed by atoms with Crippen molar-refractivity contribution in [2.45, 2.75) is 0 Å². The van der Waals surface area contributed by atoms with Crippen molar-refractivity contribution in [1.29, 1.82) is 0 Å². The van der Waals surface area contributed by atoms with E-state index in [4.69, 9.17) is 4.98 Å². The number of benzene rings is 3. The summed E-state index contributed by atoms with van der Waals surface area (Å²) in [5.41, 5.74) is 5.14. The normalized spacial score (nSPS) is 11.7. The summed E-state index contributed by atoms with van der Waals surface area (Å²) in [7, 11) is 0. The molecule has 3 aromatic carbocycles. The summed E-state index contributed by atoms with van der Waals surface area (Å²) in [6.07, 6.45) is 0. The smallest absolute Gasteiger partial charge is 0.269 e. The minimum atomic E-state index is -0.400. The monoisotopic (exact) mass is 313 g/mol. The highest BCUT2D eigenvalue weighted by Gasteiger charge is 2.25. The van der Waals surface area contributed by atoms with Gasteiger partial charge in [0, 0.05) is 34.2 Å². The molecule has 24 heavy (non-hydrogen) atoms. The Labute approximate surface area is 136 Å². The second-order valence-corrected chi connectivity index (χ2v) is 5.82. The lowest BCUT2D eigenvalue weighted by Crippen LogP contribution is -1.88. The molecule has 1 N–H and O–H groups in total. The molecule has 5 rings (SSSR count). The second kappa shape index (κ2) is 4.52. The van der Waals surface area contributed by atoms with Gasteiger partial charge in [0.25, 0.3) is 5.69 Å². The van der Waals surface area contributed by atoms with Gasteiger partial charge in [-0.15, -0.1) is 0 Å². The van der Waals surface area contributed by atoms with Crippen molar-refractivity contribution >= 4 is 16.5 Å². The molecule has 4 aromatic rings. The van der Waals surface area contributed by atoms with Crippen LogP contribution in [0.3, 0.4) is 0 Å². The Bertz CT molecular complexity index is 1070. The molecule has 0 radical (unpaired) electrons. The lowest BCUT2D eigenvalue weighted by molar-refractivity contribution is -0.384. The number of aromatic nitrogens is 2. The van der Waals surface area contributed by atoms with Crippen LogP contribution in [0.5, 0.6) is 0 Å². The van der Waals surface area contributed by atoms with Crippen LogP contribution in [0.2, 0.25) is 0 Å². The van der Waals surface area contributed by atoms with Gasteiger partial charge in [-0.1, -0.05) is 36.4 Å². The number of imidazole rings is 1. The highest BCUT2D eigenvalue weighted by molar-refractivity contribution is 6.13. The Morgan fingerprint density at radius 3 is 2.33 bits per heavy atom. The Kier molecular flexibility index (Phi) is 2.45. The van der Waals surface area contributed by atoms with E-state index in [0.717, 1.165) is 33.9 Å². The zero-order chi connectivity index (χ0) is 16.3. The SMILES string of the molecule is O=[N+]([O-])c1ccc(-c2nc3c([nH]2)-c2cccc4cccc-3c24)cc1. The van der Waals surface area contributed by atoms with E-state index in [1.165, 1.54) is 22.9 Å². The first-order valence-corrected chi connectivity index (χ1v) is 7.60.